The molecule has 3 aromatic rings. The minimum absolute atomic E-state index is 0.173. The Kier molecular flexibility index (Phi) is 5.16. The van der Waals surface area contributed by atoms with Gasteiger partial charge in [0.15, 0.2) is 0 Å². The molecule has 0 fully saturated rings. The number of carbonyl (C=O) groups is 1. The summed E-state index contributed by atoms with van der Waals surface area (Å²) in [7, 11) is -4.10. The van der Waals surface area contributed by atoms with E-state index >= 15 is 0 Å². The molecule has 142 valence electrons. The molecular weight excluding hydrogens is 438 g/mol. The van der Waals surface area contributed by atoms with Gasteiger partial charge in [0, 0.05) is 11.9 Å². The van der Waals surface area contributed by atoms with Gasteiger partial charge in [-0.2, -0.15) is 13.4 Å². The first-order valence-corrected chi connectivity index (χ1v) is 10.2. The lowest BCUT2D eigenvalue weighted by Gasteiger charge is -2.13. The number of aromatic nitrogens is 4. The number of nitrogens with zero attached hydrogens (tertiary/aromatic N) is 4. The van der Waals surface area contributed by atoms with Crippen molar-refractivity contribution in [2.24, 2.45) is 0 Å². The summed E-state index contributed by atoms with van der Waals surface area (Å²) in [6.07, 6.45) is 1.58. The minimum atomic E-state index is -4.10. The number of nitrogens with one attached hydrogen (secondary N) is 1. The number of aryl methyl sites for hydroxylation is 2. The average Bonchev–Trinajstić information content (AvgIpc) is 3.03. The second-order valence-corrected chi connectivity index (χ2v) is 8.02. The van der Waals surface area contributed by atoms with Crippen molar-refractivity contribution in [3.8, 4) is 0 Å². The van der Waals surface area contributed by atoms with E-state index in [-0.39, 0.29) is 28.1 Å². The van der Waals surface area contributed by atoms with Crippen LogP contribution in [0.1, 0.15) is 28.5 Å². The summed E-state index contributed by atoms with van der Waals surface area (Å²) in [5.41, 5.74) is 1.72. The lowest BCUT2D eigenvalue weighted by atomic mass is 10.1. The van der Waals surface area contributed by atoms with Gasteiger partial charge in [0.05, 0.1) is 22.3 Å². The van der Waals surface area contributed by atoms with E-state index in [1.807, 2.05) is 0 Å². The third-order valence-corrected chi connectivity index (χ3v) is 5.60. The number of esters is 1. The summed E-state index contributed by atoms with van der Waals surface area (Å²) < 4.78 is 34.5. The summed E-state index contributed by atoms with van der Waals surface area (Å²) in [6, 6.07) is 4.87. The third-order valence-electron chi connectivity index (χ3n) is 3.65. The van der Waals surface area contributed by atoms with Gasteiger partial charge in [0.25, 0.3) is 21.0 Å². The molecule has 2 aromatic heterocycles. The first-order chi connectivity index (χ1) is 12.7. The molecule has 0 bridgehead atoms. The second-order valence-electron chi connectivity index (χ2n) is 5.65. The smallest absolute Gasteiger partial charge is 0.339 e. The maximum atomic E-state index is 12.8. The highest BCUT2D eigenvalue weighted by Crippen LogP contribution is 2.32. The van der Waals surface area contributed by atoms with Crippen LogP contribution in [0.4, 0.5) is 5.69 Å². The first-order valence-electron chi connectivity index (χ1n) is 7.92. The van der Waals surface area contributed by atoms with Crippen molar-refractivity contribution in [3.63, 3.8) is 0 Å². The van der Waals surface area contributed by atoms with Crippen LogP contribution < -0.4 is 4.72 Å². The van der Waals surface area contributed by atoms with Crippen LogP contribution in [0, 0.1) is 13.8 Å². The van der Waals surface area contributed by atoms with Crippen molar-refractivity contribution >= 4 is 43.4 Å². The van der Waals surface area contributed by atoms with E-state index in [4.69, 9.17) is 4.74 Å². The number of sulfonamides is 1. The fraction of sp³-hybridized carbons (Fsp3) is 0.250. The molecule has 0 atom stereocenters. The Bertz CT molecular complexity index is 1140. The molecule has 0 saturated heterocycles. The van der Waals surface area contributed by atoms with Crippen molar-refractivity contribution in [1.82, 2.24) is 19.6 Å². The van der Waals surface area contributed by atoms with Crippen molar-refractivity contribution in [1.29, 1.82) is 0 Å². The Balaban J connectivity index is 2.02. The Morgan fingerprint density at radius 3 is 2.70 bits per heavy atom. The van der Waals surface area contributed by atoms with Gasteiger partial charge in [-0.05, 0) is 54.4 Å². The van der Waals surface area contributed by atoms with E-state index in [1.54, 1.807) is 45.2 Å². The maximum absolute atomic E-state index is 12.8. The molecular formula is C16H16BrN5O4S. The van der Waals surface area contributed by atoms with Crippen LogP contribution in [-0.4, -0.2) is 40.6 Å². The van der Waals surface area contributed by atoms with Crippen LogP contribution in [0.3, 0.4) is 0 Å². The highest BCUT2D eigenvalue weighted by atomic mass is 79.9. The summed E-state index contributed by atoms with van der Waals surface area (Å²) in [4.78, 5) is 20.2. The van der Waals surface area contributed by atoms with Crippen molar-refractivity contribution in [2.45, 2.75) is 25.9 Å². The Morgan fingerprint density at radius 2 is 2.00 bits per heavy atom. The highest BCUT2D eigenvalue weighted by molar-refractivity contribution is 9.10. The van der Waals surface area contributed by atoms with Crippen LogP contribution in [0.25, 0.3) is 5.78 Å². The standard InChI is InChI=1S/C16H16BrN5O4S/c1-4-26-14(23)11-6-5-9(2)13(12(11)17)21-27(24,25)16-19-15-18-10(3)7-8-22(15)20-16/h5-8,21H,4H2,1-3H3. The number of fused-ring (bicyclic) bond motifs is 1. The average molecular weight is 454 g/mol. The molecule has 0 aliphatic carbocycles. The molecule has 0 spiro atoms. The number of hydrogen-bond donors (Lipinski definition) is 1. The van der Waals surface area contributed by atoms with E-state index in [0.717, 1.165) is 0 Å². The van der Waals surface area contributed by atoms with Gasteiger partial charge in [-0.15, -0.1) is 5.10 Å². The number of anilines is 1. The molecule has 0 unspecified atom stereocenters. The molecule has 1 aromatic carbocycles. The molecule has 3 rings (SSSR count). The number of ether oxygens (including phenoxy) is 1. The molecule has 27 heavy (non-hydrogen) atoms. The summed E-state index contributed by atoms with van der Waals surface area (Å²) >= 11 is 3.29. The summed E-state index contributed by atoms with van der Waals surface area (Å²) in [5, 5.41) is 3.53. The van der Waals surface area contributed by atoms with Crippen LogP contribution in [-0.2, 0) is 14.8 Å². The molecule has 0 aliphatic heterocycles. The van der Waals surface area contributed by atoms with E-state index in [1.165, 1.54) is 4.52 Å². The van der Waals surface area contributed by atoms with Gasteiger partial charge >= 0.3 is 5.97 Å². The zero-order chi connectivity index (χ0) is 19.8. The third kappa shape index (κ3) is 3.78. The zero-order valence-corrected chi connectivity index (χ0v) is 17.1. The largest absolute Gasteiger partial charge is 0.462 e. The van der Waals surface area contributed by atoms with Gasteiger partial charge in [0.1, 0.15) is 0 Å². The summed E-state index contributed by atoms with van der Waals surface area (Å²) in [5.74, 6) is -0.387. The SMILES string of the molecule is CCOC(=O)c1ccc(C)c(NS(=O)(=O)c2nc3nc(C)ccn3n2)c1Br. The van der Waals surface area contributed by atoms with Crippen molar-refractivity contribution in [3.05, 3.63) is 45.7 Å². The number of halogens is 1. The number of rotatable bonds is 5. The van der Waals surface area contributed by atoms with Gasteiger partial charge < -0.3 is 4.74 Å². The fourth-order valence-corrected chi connectivity index (χ4v) is 4.16. The lowest BCUT2D eigenvalue weighted by Crippen LogP contribution is -2.17. The predicted octanol–water partition coefficient (Wildman–Crippen LogP) is 2.48. The lowest BCUT2D eigenvalue weighted by molar-refractivity contribution is 0.0525. The maximum Gasteiger partial charge on any atom is 0.339 e. The van der Waals surface area contributed by atoms with E-state index < -0.39 is 21.1 Å². The van der Waals surface area contributed by atoms with Gasteiger partial charge in [-0.1, -0.05) is 6.07 Å². The Labute approximate surface area is 164 Å². The Hall–Kier alpha value is -2.53. The van der Waals surface area contributed by atoms with Crippen LogP contribution in [0.15, 0.2) is 34.0 Å². The molecule has 11 heteroatoms. The van der Waals surface area contributed by atoms with Crippen LogP contribution in [0.5, 0.6) is 0 Å². The quantitative estimate of drug-likeness (QED) is 0.589. The fourth-order valence-electron chi connectivity index (χ4n) is 2.30. The zero-order valence-electron chi connectivity index (χ0n) is 14.7. The molecule has 1 N–H and O–H groups in total. The monoisotopic (exact) mass is 453 g/mol. The van der Waals surface area contributed by atoms with E-state index in [0.29, 0.717) is 11.3 Å². The number of benzene rings is 1. The van der Waals surface area contributed by atoms with Crippen molar-refractivity contribution < 1.29 is 17.9 Å². The summed E-state index contributed by atoms with van der Waals surface area (Å²) in [6.45, 7) is 5.37. The van der Waals surface area contributed by atoms with Gasteiger partial charge in [-0.25, -0.2) is 14.3 Å². The topological polar surface area (TPSA) is 116 Å². The highest BCUT2D eigenvalue weighted by Gasteiger charge is 2.25. The number of hydrogen-bond acceptors (Lipinski definition) is 7. The van der Waals surface area contributed by atoms with Crippen LogP contribution >= 0.6 is 15.9 Å². The van der Waals surface area contributed by atoms with Gasteiger partial charge in [-0.3, -0.25) is 4.72 Å². The minimum Gasteiger partial charge on any atom is -0.462 e. The molecule has 0 radical (unpaired) electrons. The predicted molar refractivity (Wildman–Crippen MR) is 101 cm³/mol. The van der Waals surface area contributed by atoms with Crippen LogP contribution in [0.2, 0.25) is 0 Å². The second kappa shape index (κ2) is 7.24. The Morgan fingerprint density at radius 1 is 1.26 bits per heavy atom. The normalized spacial score (nSPS) is 11.6. The molecule has 2 heterocycles. The van der Waals surface area contributed by atoms with E-state index in [9.17, 15) is 13.2 Å². The number of carbonyl (C=O) groups excluding carboxylic acids is 1. The first kappa shape index (κ1) is 19.2. The van der Waals surface area contributed by atoms with E-state index in [2.05, 4.69) is 35.7 Å². The molecule has 0 saturated carbocycles. The van der Waals surface area contributed by atoms with Crippen molar-refractivity contribution in [2.75, 3.05) is 11.3 Å². The van der Waals surface area contributed by atoms with Gasteiger partial charge in [0.2, 0.25) is 0 Å². The molecule has 9 nitrogen and oxygen atoms in total. The molecule has 0 amide bonds. The molecule has 0 aliphatic rings.